The Morgan fingerprint density at radius 1 is 1.16 bits per heavy atom. The summed E-state index contributed by atoms with van der Waals surface area (Å²) < 4.78 is 14.1. The van der Waals surface area contributed by atoms with Gasteiger partial charge < -0.3 is 5.32 Å². The zero-order valence-corrected chi connectivity index (χ0v) is 15.2. The van der Waals surface area contributed by atoms with Crippen molar-refractivity contribution in [2.45, 2.75) is 34.6 Å². The lowest BCUT2D eigenvalue weighted by atomic mass is 9.97. The van der Waals surface area contributed by atoms with Crippen LogP contribution in [0.15, 0.2) is 30.5 Å². The summed E-state index contributed by atoms with van der Waals surface area (Å²) in [6, 6.07) is 6.17. The zero-order valence-electron chi connectivity index (χ0n) is 15.2. The molecule has 0 aliphatic rings. The number of Topliss-reactive ketones (excluding diaryl/α,β-unsaturated/α-hetero) is 1. The van der Waals surface area contributed by atoms with Gasteiger partial charge in [0.2, 0.25) is 0 Å². The van der Waals surface area contributed by atoms with Crippen molar-refractivity contribution in [3.63, 3.8) is 0 Å². The molecule has 1 aromatic carbocycles. The van der Waals surface area contributed by atoms with Gasteiger partial charge in [-0.05, 0) is 49.1 Å². The fourth-order valence-electron chi connectivity index (χ4n) is 2.28. The number of pyridine rings is 1. The molecule has 4 nitrogen and oxygen atoms in total. The minimum atomic E-state index is -0.448. The average molecular weight is 342 g/mol. The smallest absolute Gasteiger partial charge is 0.252 e. The number of nitrogens with zero attached hydrogens (tertiary/aromatic N) is 1. The number of hydrogen-bond acceptors (Lipinski definition) is 3. The molecule has 0 aliphatic heterocycles. The van der Waals surface area contributed by atoms with Crippen LogP contribution in [0.25, 0.3) is 11.3 Å². The molecule has 0 saturated carbocycles. The molecule has 0 saturated heterocycles. The van der Waals surface area contributed by atoms with Crippen molar-refractivity contribution in [1.29, 1.82) is 0 Å². The molecule has 2 rings (SSSR count). The van der Waals surface area contributed by atoms with E-state index in [4.69, 9.17) is 0 Å². The number of carbonyl (C=O) groups is 2. The number of nitrogens with one attached hydrogen (secondary N) is 1. The van der Waals surface area contributed by atoms with Gasteiger partial charge in [-0.2, -0.15) is 0 Å². The summed E-state index contributed by atoms with van der Waals surface area (Å²) in [6.07, 6.45) is 1.46. The molecule has 1 N–H and O–H groups in total. The average Bonchev–Trinajstić information content (AvgIpc) is 2.54. The second kappa shape index (κ2) is 7.13. The molecule has 0 spiro atoms. The van der Waals surface area contributed by atoms with E-state index in [0.717, 1.165) is 0 Å². The number of benzene rings is 1. The van der Waals surface area contributed by atoms with Crippen molar-refractivity contribution in [3.05, 3.63) is 53.0 Å². The highest BCUT2D eigenvalue weighted by Crippen LogP contribution is 2.26. The van der Waals surface area contributed by atoms with Crippen molar-refractivity contribution in [3.8, 4) is 11.3 Å². The molecule has 0 bridgehead atoms. The Kier molecular flexibility index (Phi) is 5.36. The van der Waals surface area contributed by atoms with Gasteiger partial charge in [0.25, 0.3) is 5.91 Å². The minimum absolute atomic E-state index is 0.00913. The van der Waals surface area contributed by atoms with Crippen molar-refractivity contribution >= 4 is 11.7 Å². The number of rotatable bonds is 4. The van der Waals surface area contributed by atoms with Gasteiger partial charge in [-0.3, -0.25) is 14.6 Å². The van der Waals surface area contributed by atoms with Gasteiger partial charge in [-0.1, -0.05) is 20.8 Å². The first kappa shape index (κ1) is 18.8. The van der Waals surface area contributed by atoms with E-state index in [-0.39, 0.29) is 17.1 Å². The van der Waals surface area contributed by atoms with Crippen LogP contribution in [0.3, 0.4) is 0 Å². The standard InChI is InChI=1S/C20H23FN2O2/c1-12-16(8-15(13(2)24)9-17(12)21)18-7-6-14(10-22-18)19(25)23-11-20(3,4)5/h6-10H,11H2,1-5H3,(H,23,25). The number of hydrogen-bond donors (Lipinski definition) is 1. The van der Waals surface area contributed by atoms with Gasteiger partial charge in [0.1, 0.15) is 5.82 Å². The minimum Gasteiger partial charge on any atom is -0.351 e. The van der Waals surface area contributed by atoms with Crippen LogP contribution < -0.4 is 5.32 Å². The Morgan fingerprint density at radius 2 is 1.84 bits per heavy atom. The molecule has 5 heteroatoms. The maximum absolute atomic E-state index is 14.1. The van der Waals surface area contributed by atoms with Gasteiger partial charge in [-0.15, -0.1) is 0 Å². The third-order valence-corrected chi connectivity index (χ3v) is 3.83. The number of aromatic nitrogens is 1. The van der Waals surface area contributed by atoms with Crippen LogP contribution >= 0.6 is 0 Å². The normalized spacial score (nSPS) is 11.3. The number of ketones is 1. The predicted molar refractivity (Wildman–Crippen MR) is 96.2 cm³/mol. The number of halogens is 1. The Bertz CT molecular complexity index is 806. The summed E-state index contributed by atoms with van der Waals surface area (Å²) in [5.41, 5.74) is 2.21. The largest absolute Gasteiger partial charge is 0.351 e. The van der Waals surface area contributed by atoms with E-state index < -0.39 is 5.82 Å². The van der Waals surface area contributed by atoms with Crippen LogP contribution in [0.2, 0.25) is 0 Å². The van der Waals surface area contributed by atoms with E-state index in [1.165, 1.54) is 19.2 Å². The van der Waals surface area contributed by atoms with Gasteiger partial charge in [0.15, 0.2) is 5.78 Å². The van der Waals surface area contributed by atoms with Crippen LogP contribution in [0, 0.1) is 18.2 Å². The molecule has 132 valence electrons. The van der Waals surface area contributed by atoms with E-state index in [1.54, 1.807) is 25.1 Å². The highest BCUT2D eigenvalue weighted by molar-refractivity contribution is 5.96. The highest BCUT2D eigenvalue weighted by Gasteiger charge is 2.15. The first-order valence-corrected chi connectivity index (χ1v) is 8.14. The molecular weight excluding hydrogens is 319 g/mol. The summed E-state index contributed by atoms with van der Waals surface area (Å²) in [5.74, 6) is -0.857. The molecule has 1 aromatic heterocycles. The molecule has 0 unspecified atom stereocenters. The highest BCUT2D eigenvalue weighted by atomic mass is 19.1. The topological polar surface area (TPSA) is 59.1 Å². The summed E-state index contributed by atoms with van der Waals surface area (Å²) in [4.78, 5) is 28.0. The lowest BCUT2D eigenvalue weighted by molar-refractivity contribution is 0.0938. The quantitative estimate of drug-likeness (QED) is 0.848. The van der Waals surface area contributed by atoms with Gasteiger partial charge in [0.05, 0.1) is 11.3 Å². The SMILES string of the molecule is CC(=O)c1cc(F)c(C)c(-c2ccc(C(=O)NCC(C)(C)C)cn2)c1. The Labute approximate surface area is 147 Å². The fourth-order valence-corrected chi connectivity index (χ4v) is 2.28. The Balaban J connectivity index is 2.28. The van der Waals surface area contributed by atoms with Crippen molar-refractivity contribution < 1.29 is 14.0 Å². The second-order valence-corrected chi connectivity index (χ2v) is 7.36. The summed E-state index contributed by atoms with van der Waals surface area (Å²) in [7, 11) is 0. The lowest BCUT2D eigenvalue weighted by Crippen LogP contribution is -2.32. The molecule has 0 radical (unpaired) electrons. The molecule has 0 atom stereocenters. The van der Waals surface area contributed by atoms with Gasteiger partial charge in [0, 0.05) is 23.9 Å². The van der Waals surface area contributed by atoms with Crippen LogP contribution in [-0.4, -0.2) is 23.2 Å². The number of carbonyl (C=O) groups excluding carboxylic acids is 2. The van der Waals surface area contributed by atoms with Crippen LogP contribution in [-0.2, 0) is 0 Å². The Morgan fingerprint density at radius 3 is 2.36 bits per heavy atom. The third kappa shape index (κ3) is 4.72. The maximum Gasteiger partial charge on any atom is 0.252 e. The van der Waals surface area contributed by atoms with Crippen molar-refractivity contribution in [2.24, 2.45) is 5.41 Å². The summed E-state index contributed by atoms with van der Waals surface area (Å²) >= 11 is 0. The van der Waals surface area contributed by atoms with Gasteiger partial charge >= 0.3 is 0 Å². The van der Waals surface area contributed by atoms with E-state index >= 15 is 0 Å². The molecular formula is C20H23FN2O2. The molecule has 0 fully saturated rings. The lowest BCUT2D eigenvalue weighted by Gasteiger charge is -2.18. The Hall–Kier alpha value is -2.56. The van der Waals surface area contributed by atoms with E-state index in [9.17, 15) is 14.0 Å². The van der Waals surface area contributed by atoms with Crippen LogP contribution in [0.4, 0.5) is 4.39 Å². The predicted octanol–water partition coefficient (Wildman–Crippen LogP) is 4.17. The molecule has 1 amide bonds. The van der Waals surface area contributed by atoms with Crippen LogP contribution in [0.1, 0.15) is 54.0 Å². The first-order chi connectivity index (χ1) is 11.6. The second-order valence-electron chi connectivity index (χ2n) is 7.36. The van der Waals surface area contributed by atoms with E-state index in [2.05, 4.69) is 10.3 Å². The maximum atomic E-state index is 14.1. The van der Waals surface area contributed by atoms with Gasteiger partial charge in [-0.25, -0.2) is 4.39 Å². The van der Waals surface area contributed by atoms with Crippen molar-refractivity contribution in [1.82, 2.24) is 10.3 Å². The molecule has 2 aromatic rings. The summed E-state index contributed by atoms with van der Waals surface area (Å²) in [5, 5.41) is 2.86. The van der Waals surface area contributed by atoms with E-state index in [1.807, 2.05) is 20.8 Å². The fraction of sp³-hybridized carbons (Fsp3) is 0.350. The molecule has 1 heterocycles. The summed E-state index contributed by atoms with van der Waals surface area (Å²) in [6.45, 7) is 9.69. The first-order valence-electron chi connectivity index (χ1n) is 8.14. The van der Waals surface area contributed by atoms with Crippen molar-refractivity contribution in [2.75, 3.05) is 6.54 Å². The monoisotopic (exact) mass is 342 g/mol. The van der Waals surface area contributed by atoms with Crippen LogP contribution in [0.5, 0.6) is 0 Å². The molecule has 0 aliphatic carbocycles. The zero-order chi connectivity index (χ0) is 18.8. The molecule has 25 heavy (non-hydrogen) atoms. The third-order valence-electron chi connectivity index (χ3n) is 3.83. The number of amides is 1. The van der Waals surface area contributed by atoms with E-state index in [0.29, 0.717) is 34.5 Å².